The molecule has 0 saturated heterocycles. The summed E-state index contributed by atoms with van der Waals surface area (Å²) in [6, 6.07) is 5.16. The third kappa shape index (κ3) is 3.62. The topological polar surface area (TPSA) is 182 Å². The van der Waals surface area contributed by atoms with Gasteiger partial charge >= 0.3 is 5.97 Å². The molecule has 2 heterocycles. The van der Waals surface area contributed by atoms with Crippen LogP contribution >= 0.6 is 0 Å². The summed E-state index contributed by atoms with van der Waals surface area (Å²) in [7, 11) is 0. The molecule has 0 bridgehead atoms. The number of hydrogen-bond acceptors (Lipinski definition) is 9. The zero-order valence-electron chi connectivity index (χ0n) is 16.1. The molecule has 0 spiro atoms. The monoisotopic (exact) mass is 439 g/mol. The number of carboxylic acids is 1. The molecule has 0 aliphatic carbocycles. The standard InChI is InChI=1S/C19H14FN7O5/c20-10-2-1-8(3-9(10)6-22-14-13(21)15(28)16(14)29)5-23-17(30)11-4-12(18(31)32)27-19(26-11)24-7-25-27/h1-4,7,22H,5-6,21H2,(H,23,30)(H,31,32). The summed E-state index contributed by atoms with van der Waals surface area (Å²) in [5.41, 5.74) is 3.88. The lowest BCUT2D eigenvalue weighted by Crippen LogP contribution is -2.37. The van der Waals surface area contributed by atoms with Crippen molar-refractivity contribution in [2.24, 2.45) is 0 Å². The van der Waals surface area contributed by atoms with Crippen LogP contribution in [0.25, 0.3) is 5.78 Å². The van der Waals surface area contributed by atoms with Crippen LogP contribution in [-0.2, 0) is 13.1 Å². The highest BCUT2D eigenvalue weighted by Gasteiger charge is 2.19. The van der Waals surface area contributed by atoms with Gasteiger partial charge in [-0.3, -0.25) is 14.4 Å². The summed E-state index contributed by atoms with van der Waals surface area (Å²) in [6.45, 7) is -0.119. The van der Waals surface area contributed by atoms with Gasteiger partial charge in [0.25, 0.3) is 22.5 Å². The van der Waals surface area contributed by atoms with Crippen LogP contribution in [0.4, 0.5) is 15.8 Å². The first-order valence-electron chi connectivity index (χ1n) is 9.08. The van der Waals surface area contributed by atoms with Gasteiger partial charge in [0.15, 0.2) is 5.69 Å². The van der Waals surface area contributed by atoms with E-state index in [1.807, 2.05) is 0 Å². The second kappa shape index (κ2) is 7.86. The van der Waals surface area contributed by atoms with Gasteiger partial charge in [0.2, 0.25) is 0 Å². The number of benzene rings is 1. The molecule has 4 rings (SSSR count). The normalized spacial score (nSPS) is 11.0. The molecule has 162 valence electrons. The van der Waals surface area contributed by atoms with E-state index in [9.17, 15) is 28.7 Å². The number of aromatic carboxylic acids is 1. The lowest BCUT2D eigenvalue weighted by Gasteiger charge is -2.12. The number of carbonyl (C=O) groups is 2. The first kappa shape index (κ1) is 20.6. The highest BCUT2D eigenvalue weighted by molar-refractivity contribution is 5.95. The van der Waals surface area contributed by atoms with E-state index in [2.05, 4.69) is 25.7 Å². The summed E-state index contributed by atoms with van der Waals surface area (Å²) in [5.74, 6) is -2.59. The highest BCUT2D eigenvalue weighted by atomic mass is 19.1. The third-order valence-electron chi connectivity index (χ3n) is 4.67. The van der Waals surface area contributed by atoms with Gasteiger partial charge in [0, 0.05) is 24.7 Å². The summed E-state index contributed by atoms with van der Waals surface area (Å²) in [4.78, 5) is 54.2. The second-order valence-electron chi connectivity index (χ2n) is 6.71. The molecule has 0 radical (unpaired) electrons. The molecule has 0 unspecified atom stereocenters. The average molecular weight is 439 g/mol. The van der Waals surface area contributed by atoms with E-state index in [1.54, 1.807) is 0 Å². The van der Waals surface area contributed by atoms with Gasteiger partial charge in [-0.1, -0.05) is 6.07 Å². The molecule has 0 aliphatic heterocycles. The van der Waals surface area contributed by atoms with Crippen LogP contribution in [-0.4, -0.2) is 36.6 Å². The number of nitrogens with zero attached hydrogens (tertiary/aromatic N) is 4. The molecule has 13 heteroatoms. The summed E-state index contributed by atoms with van der Waals surface area (Å²) >= 11 is 0. The van der Waals surface area contributed by atoms with Crippen LogP contribution in [0, 0.1) is 5.82 Å². The van der Waals surface area contributed by atoms with Crippen LogP contribution < -0.4 is 27.2 Å². The Kier molecular flexibility index (Phi) is 5.06. The smallest absolute Gasteiger partial charge is 0.354 e. The molecule has 2 aromatic carbocycles. The molecule has 0 fully saturated rings. The van der Waals surface area contributed by atoms with Crippen molar-refractivity contribution in [1.82, 2.24) is 24.9 Å². The molecular weight excluding hydrogens is 425 g/mol. The number of nitrogens with one attached hydrogen (secondary N) is 2. The number of carboxylic acid groups (broad SMARTS) is 1. The largest absolute Gasteiger partial charge is 0.477 e. The Morgan fingerprint density at radius 2 is 1.94 bits per heavy atom. The van der Waals surface area contributed by atoms with E-state index >= 15 is 0 Å². The zero-order valence-corrected chi connectivity index (χ0v) is 16.1. The van der Waals surface area contributed by atoms with E-state index in [1.165, 1.54) is 18.2 Å². The fourth-order valence-corrected chi connectivity index (χ4v) is 3.00. The molecule has 32 heavy (non-hydrogen) atoms. The Morgan fingerprint density at radius 1 is 1.16 bits per heavy atom. The van der Waals surface area contributed by atoms with E-state index in [0.717, 1.165) is 16.9 Å². The van der Waals surface area contributed by atoms with E-state index in [0.29, 0.717) is 5.56 Å². The maximum absolute atomic E-state index is 14.1. The quantitative estimate of drug-likeness (QED) is 0.279. The predicted molar refractivity (Wildman–Crippen MR) is 108 cm³/mol. The highest BCUT2D eigenvalue weighted by Crippen LogP contribution is 2.15. The van der Waals surface area contributed by atoms with Crippen molar-refractivity contribution in [3.05, 3.63) is 79.4 Å². The Morgan fingerprint density at radius 3 is 2.66 bits per heavy atom. The first-order chi connectivity index (χ1) is 15.3. The van der Waals surface area contributed by atoms with E-state index < -0.39 is 28.6 Å². The number of nitrogens with two attached hydrogens (primary N) is 1. The SMILES string of the molecule is Nc1c(NCc2cc(CNC(=O)c3cc(C(=O)O)n4ncnc4n3)ccc2F)c(=O)c1=O. The number of aromatic nitrogens is 4. The first-order valence-corrected chi connectivity index (χ1v) is 9.08. The van der Waals surface area contributed by atoms with Crippen molar-refractivity contribution in [1.29, 1.82) is 0 Å². The molecule has 0 saturated carbocycles. The van der Waals surface area contributed by atoms with Crippen molar-refractivity contribution in [2.75, 3.05) is 11.1 Å². The van der Waals surface area contributed by atoms with E-state index in [4.69, 9.17) is 5.73 Å². The average Bonchev–Trinajstić information content (AvgIpc) is 3.26. The predicted octanol–water partition coefficient (Wildman–Crippen LogP) is -0.318. The fourth-order valence-electron chi connectivity index (χ4n) is 3.00. The summed E-state index contributed by atoms with van der Waals surface area (Å²) in [5, 5.41) is 18.2. The van der Waals surface area contributed by atoms with Crippen LogP contribution in [0.2, 0.25) is 0 Å². The number of fused-ring (bicyclic) bond motifs is 1. The third-order valence-corrected chi connectivity index (χ3v) is 4.67. The maximum Gasteiger partial charge on any atom is 0.354 e. The minimum atomic E-state index is -1.31. The van der Waals surface area contributed by atoms with Crippen LogP contribution in [0.1, 0.15) is 32.1 Å². The Balaban J connectivity index is 1.47. The van der Waals surface area contributed by atoms with Crippen LogP contribution in [0.3, 0.4) is 0 Å². The van der Waals surface area contributed by atoms with Crippen LogP contribution in [0.15, 0.2) is 40.2 Å². The molecule has 1 amide bonds. The molecule has 12 nitrogen and oxygen atoms in total. The molecule has 0 aliphatic rings. The van der Waals surface area contributed by atoms with Gasteiger partial charge in [0.05, 0.1) is 0 Å². The van der Waals surface area contributed by atoms with Crippen molar-refractivity contribution < 1.29 is 19.1 Å². The Hall–Kier alpha value is -4.68. The molecule has 5 N–H and O–H groups in total. The molecule has 4 aromatic rings. The van der Waals surface area contributed by atoms with Crippen molar-refractivity contribution in [3.8, 4) is 0 Å². The van der Waals surface area contributed by atoms with Crippen molar-refractivity contribution >= 4 is 29.0 Å². The number of hydrogen-bond donors (Lipinski definition) is 4. The van der Waals surface area contributed by atoms with Gasteiger partial charge in [-0.2, -0.15) is 14.6 Å². The van der Waals surface area contributed by atoms with Crippen molar-refractivity contribution in [3.63, 3.8) is 0 Å². The number of rotatable bonds is 7. The second-order valence-corrected chi connectivity index (χ2v) is 6.71. The number of amides is 1. The minimum absolute atomic E-state index is 0.0175. The zero-order chi connectivity index (χ0) is 23.0. The van der Waals surface area contributed by atoms with Gasteiger partial charge in [-0.05, 0) is 17.7 Å². The lowest BCUT2D eigenvalue weighted by molar-refractivity contribution is 0.0687. The number of carbonyl (C=O) groups excluding carboxylic acids is 1. The molecular formula is C19H14FN7O5. The van der Waals surface area contributed by atoms with Gasteiger partial charge in [-0.15, -0.1) is 0 Å². The maximum atomic E-state index is 14.1. The Labute approximate surface area is 177 Å². The number of halogens is 1. The van der Waals surface area contributed by atoms with Gasteiger partial charge < -0.3 is 21.5 Å². The molecule has 2 aromatic heterocycles. The number of nitrogen functional groups attached to an aromatic ring is 1. The van der Waals surface area contributed by atoms with E-state index in [-0.39, 0.29) is 47.2 Å². The Bertz CT molecular complexity index is 1450. The molecule has 0 atom stereocenters. The minimum Gasteiger partial charge on any atom is -0.477 e. The number of anilines is 2. The lowest BCUT2D eigenvalue weighted by atomic mass is 10.1. The summed E-state index contributed by atoms with van der Waals surface area (Å²) in [6.07, 6.45) is 1.11. The van der Waals surface area contributed by atoms with Crippen molar-refractivity contribution in [2.45, 2.75) is 13.1 Å². The van der Waals surface area contributed by atoms with Gasteiger partial charge in [0.1, 0.15) is 29.2 Å². The fraction of sp³-hybridized carbons (Fsp3) is 0.105. The van der Waals surface area contributed by atoms with Crippen LogP contribution in [0.5, 0.6) is 0 Å². The summed E-state index contributed by atoms with van der Waals surface area (Å²) < 4.78 is 15.1. The van der Waals surface area contributed by atoms with Gasteiger partial charge in [-0.25, -0.2) is 14.2 Å².